The summed E-state index contributed by atoms with van der Waals surface area (Å²) in [5.74, 6) is 0.164. The third-order valence-electron chi connectivity index (χ3n) is 4.45. The maximum Gasteiger partial charge on any atom is 0.178 e. The number of rotatable bonds is 5. The molecule has 1 atom stereocenters. The third-order valence-corrected chi connectivity index (χ3v) is 4.45. The van der Waals surface area contributed by atoms with Crippen molar-refractivity contribution in [1.82, 2.24) is 9.88 Å². The molecule has 112 valence electrons. The fourth-order valence-electron chi connectivity index (χ4n) is 3.32. The molecule has 2 aromatic rings. The number of hydrogen-bond acceptors (Lipinski definition) is 3. The lowest BCUT2D eigenvalue weighted by Gasteiger charge is -2.34. The number of carbonyl (C=O) groups excluding carboxylic acids is 1. The largest absolute Gasteiger partial charge is 0.396 e. The Morgan fingerprint density at radius 3 is 3.05 bits per heavy atom. The molecule has 1 fully saturated rings. The molecule has 1 aliphatic heterocycles. The Kier molecular flexibility index (Phi) is 4.36. The van der Waals surface area contributed by atoms with Gasteiger partial charge in [0.1, 0.15) is 0 Å². The number of fused-ring (bicyclic) bond motifs is 1. The van der Waals surface area contributed by atoms with Gasteiger partial charge in [0.05, 0.1) is 6.54 Å². The van der Waals surface area contributed by atoms with E-state index in [-0.39, 0.29) is 12.4 Å². The van der Waals surface area contributed by atoms with Crippen LogP contribution in [0.25, 0.3) is 10.9 Å². The zero-order valence-electron chi connectivity index (χ0n) is 12.2. The highest BCUT2D eigenvalue weighted by atomic mass is 16.3. The molecule has 0 amide bonds. The topological polar surface area (TPSA) is 56.3 Å². The van der Waals surface area contributed by atoms with Crippen LogP contribution in [0, 0.1) is 0 Å². The highest BCUT2D eigenvalue weighted by Gasteiger charge is 2.24. The fourth-order valence-corrected chi connectivity index (χ4v) is 3.32. The van der Waals surface area contributed by atoms with Crippen LogP contribution >= 0.6 is 0 Å². The Morgan fingerprint density at radius 2 is 2.19 bits per heavy atom. The molecule has 1 aliphatic rings. The standard InChI is InChI=1S/C17H22N2O2/c20-10-8-13-5-3-4-9-19(13)12-17(21)15-11-18-16-7-2-1-6-14(15)16/h1-2,6-7,11,13,18,20H,3-5,8-10,12H2/t13-/m1/s1. The normalized spacial score (nSPS) is 20.0. The lowest BCUT2D eigenvalue weighted by Crippen LogP contribution is -2.43. The predicted octanol–water partition coefficient (Wildman–Crippen LogP) is 2.59. The summed E-state index contributed by atoms with van der Waals surface area (Å²) in [6.07, 6.45) is 6.01. The number of ketones is 1. The molecule has 1 aromatic heterocycles. The Bertz CT molecular complexity index is 618. The first-order valence-corrected chi connectivity index (χ1v) is 7.74. The van der Waals surface area contributed by atoms with Crippen molar-refractivity contribution in [1.29, 1.82) is 0 Å². The van der Waals surface area contributed by atoms with E-state index in [1.807, 2.05) is 30.5 Å². The van der Waals surface area contributed by atoms with Gasteiger partial charge in [-0.15, -0.1) is 0 Å². The second-order valence-electron chi connectivity index (χ2n) is 5.80. The van der Waals surface area contributed by atoms with Gasteiger partial charge in [0, 0.05) is 35.3 Å². The van der Waals surface area contributed by atoms with Gasteiger partial charge >= 0.3 is 0 Å². The van der Waals surface area contributed by atoms with Gasteiger partial charge in [0.2, 0.25) is 0 Å². The number of aliphatic hydroxyl groups is 1. The second kappa shape index (κ2) is 6.41. The third kappa shape index (κ3) is 3.01. The van der Waals surface area contributed by atoms with E-state index in [0.29, 0.717) is 12.6 Å². The number of H-pyrrole nitrogens is 1. The monoisotopic (exact) mass is 286 g/mol. The van der Waals surface area contributed by atoms with Crippen molar-refractivity contribution in [3.05, 3.63) is 36.0 Å². The van der Waals surface area contributed by atoms with Crippen molar-refractivity contribution in [3.8, 4) is 0 Å². The van der Waals surface area contributed by atoms with E-state index >= 15 is 0 Å². The van der Waals surface area contributed by atoms with Gasteiger partial charge in [-0.3, -0.25) is 9.69 Å². The van der Waals surface area contributed by atoms with Crippen LogP contribution in [-0.2, 0) is 0 Å². The van der Waals surface area contributed by atoms with E-state index in [0.717, 1.165) is 42.3 Å². The Labute approximate surface area is 124 Å². The summed E-state index contributed by atoms with van der Waals surface area (Å²) < 4.78 is 0. The molecule has 0 unspecified atom stereocenters. The van der Waals surface area contributed by atoms with E-state index < -0.39 is 0 Å². The minimum absolute atomic E-state index is 0.164. The fraction of sp³-hybridized carbons (Fsp3) is 0.471. The van der Waals surface area contributed by atoms with E-state index in [1.165, 1.54) is 6.42 Å². The van der Waals surface area contributed by atoms with Crippen molar-refractivity contribution in [2.75, 3.05) is 19.7 Å². The molecule has 2 N–H and O–H groups in total. The van der Waals surface area contributed by atoms with Crippen molar-refractivity contribution in [3.63, 3.8) is 0 Å². The first kappa shape index (κ1) is 14.3. The average molecular weight is 286 g/mol. The molecular formula is C17H22N2O2. The van der Waals surface area contributed by atoms with Gasteiger partial charge in [-0.25, -0.2) is 0 Å². The maximum absolute atomic E-state index is 12.6. The molecule has 0 radical (unpaired) electrons. The minimum Gasteiger partial charge on any atom is -0.396 e. The van der Waals surface area contributed by atoms with Crippen LogP contribution in [-0.4, -0.2) is 46.5 Å². The smallest absolute Gasteiger partial charge is 0.178 e. The predicted molar refractivity (Wildman–Crippen MR) is 83.5 cm³/mol. The highest BCUT2D eigenvalue weighted by Crippen LogP contribution is 2.22. The number of nitrogens with one attached hydrogen (secondary N) is 1. The van der Waals surface area contributed by atoms with Crippen LogP contribution in [0.3, 0.4) is 0 Å². The lowest BCUT2D eigenvalue weighted by molar-refractivity contribution is 0.0800. The summed E-state index contributed by atoms with van der Waals surface area (Å²) in [7, 11) is 0. The summed E-state index contributed by atoms with van der Waals surface area (Å²) in [5, 5.41) is 10.2. The second-order valence-corrected chi connectivity index (χ2v) is 5.80. The number of piperidine rings is 1. The summed E-state index contributed by atoms with van der Waals surface area (Å²) in [6.45, 7) is 1.60. The van der Waals surface area contributed by atoms with Crippen LogP contribution in [0.15, 0.2) is 30.5 Å². The first-order chi connectivity index (χ1) is 10.3. The lowest BCUT2D eigenvalue weighted by atomic mass is 9.98. The summed E-state index contributed by atoms with van der Waals surface area (Å²) in [4.78, 5) is 18.0. The molecule has 0 aliphatic carbocycles. The number of carbonyl (C=O) groups is 1. The molecule has 3 rings (SSSR count). The van der Waals surface area contributed by atoms with Crippen LogP contribution in [0.5, 0.6) is 0 Å². The highest BCUT2D eigenvalue weighted by molar-refractivity contribution is 6.08. The van der Waals surface area contributed by atoms with Gasteiger partial charge < -0.3 is 10.1 Å². The maximum atomic E-state index is 12.6. The van der Waals surface area contributed by atoms with Crippen molar-refractivity contribution >= 4 is 16.7 Å². The quantitative estimate of drug-likeness (QED) is 0.831. The van der Waals surface area contributed by atoms with E-state index in [4.69, 9.17) is 0 Å². The summed E-state index contributed by atoms with van der Waals surface area (Å²) in [5.41, 5.74) is 1.78. The Balaban J connectivity index is 1.76. The van der Waals surface area contributed by atoms with Gasteiger partial charge in [-0.05, 0) is 31.9 Å². The molecular weight excluding hydrogens is 264 g/mol. The zero-order valence-corrected chi connectivity index (χ0v) is 12.2. The zero-order chi connectivity index (χ0) is 14.7. The number of hydrogen-bond donors (Lipinski definition) is 2. The van der Waals surface area contributed by atoms with Crippen molar-refractivity contribution in [2.45, 2.75) is 31.7 Å². The molecule has 0 saturated carbocycles. The first-order valence-electron chi connectivity index (χ1n) is 7.74. The van der Waals surface area contributed by atoms with Crippen molar-refractivity contribution in [2.24, 2.45) is 0 Å². The SMILES string of the molecule is O=C(CN1CCCC[C@@H]1CCO)c1c[nH]c2ccccc12. The number of likely N-dealkylation sites (tertiary alicyclic amines) is 1. The van der Waals surface area contributed by atoms with Gasteiger partial charge in [-0.1, -0.05) is 24.6 Å². The van der Waals surface area contributed by atoms with Crippen molar-refractivity contribution < 1.29 is 9.90 Å². The number of Topliss-reactive ketones (excluding diaryl/α,β-unsaturated/α-hetero) is 1. The number of aromatic nitrogens is 1. The number of benzene rings is 1. The molecule has 0 bridgehead atoms. The van der Waals surface area contributed by atoms with Crippen LogP contribution in [0.2, 0.25) is 0 Å². The van der Waals surface area contributed by atoms with Crippen LogP contribution in [0.1, 0.15) is 36.0 Å². The number of aromatic amines is 1. The Morgan fingerprint density at radius 1 is 1.33 bits per heavy atom. The molecule has 0 spiro atoms. The minimum atomic E-state index is 0.164. The number of aliphatic hydroxyl groups excluding tert-OH is 1. The molecule has 4 heteroatoms. The number of nitrogens with zero attached hydrogens (tertiary/aromatic N) is 1. The summed E-state index contributed by atoms with van der Waals surface area (Å²) >= 11 is 0. The molecule has 2 heterocycles. The van der Waals surface area contributed by atoms with Gasteiger partial charge in [-0.2, -0.15) is 0 Å². The Hall–Kier alpha value is -1.65. The average Bonchev–Trinajstić information content (AvgIpc) is 2.93. The van der Waals surface area contributed by atoms with Crippen LogP contribution in [0.4, 0.5) is 0 Å². The van der Waals surface area contributed by atoms with Gasteiger partial charge in [0.15, 0.2) is 5.78 Å². The molecule has 21 heavy (non-hydrogen) atoms. The van der Waals surface area contributed by atoms with E-state index in [2.05, 4.69) is 9.88 Å². The van der Waals surface area contributed by atoms with Gasteiger partial charge in [0.25, 0.3) is 0 Å². The van der Waals surface area contributed by atoms with E-state index in [1.54, 1.807) is 0 Å². The van der Waals surface area contributed by atoms with E-state index in [9.17, 15) is 9.90 Å². The molecule has 1 aromatic carbocycles. The molecule has 4 nitrogen and oxygen atoms in total. The number of para-hydroxylation sites is 1. The summed E-state index contributed by atoms with van der Waals surface area (Å²) in [6, 6.07) is 8.25. The van der Waals surface area contributed by atoms with Crippen LogP contribution < -0.4 is 0 Å². The molecule has 1 saturated heterocycles.